The van der Waals surface area contributed by atoms with Crippen molar-refractivity contribution in [1.82, 2.24) is 5.32 Å². The third-order valence-electron chi connectivity index (χ3n) is 1.69. The van der Waals surface area contributed by atoms with Gasteiger partial charge in [-0.15, -0.1) is 12.4 Å². The molecule has 2 nitrogen and oxygen atoms in total. The molecular weight excluding hydrogens is 256 g/mol. The lowest BCUT2D eigenvalue weighted by atomic mass is 10.3. The summed E-state index contributed by atoms with van der Waals surface area (Å²) in [4.78, 5) is 0. The zero-order valence-corrected chi connectivity index (χ0v) is 10.8. The van der Waals surface area contributed by atoms with Crippen LogP contribution in [0.2, 0.25) is 10.0 Å². The number of rotatable bonds is 5. The summed E-state index contributed by atoms with van der Waals surface area (Å²) in [6.07, 6.45) is 0. The van der Waals surface area contributed by atoms with Crippen molar-refractivity contribution in [3.63, 3.8) is 0 Å². The van der Waals surface area contributed by atoms with Crippen molar-refractivity contribution in [1.29, 1.82) is 0 Å². The molecule has 0 saturated carbocycles. The molecule has 0 aliphatic rings. The van der Waals surface area contributed by atoms with Crippen LogP contribution in [0.5, 0.6) is 5.75 Å². The first-order valence-corrected chi connectivity index (χ1v) is 5.28. The van der Waals surface area contributed by atoms with Gasteiger partial charge in [0.1, 0.15) is 12.4 Å². The summed E-state index contributed by atoms with van der Waals surface area (Å²) in [5.74, 6) is 0.748. The van der Waals surface area contributed by atoms with Crippen molar-refractivity contribution < 1.29 is 4.74 Å². The van der Waals surface area contributed by atoms with Crippen molar-refractivity contribution in [2.45, 2.75) is 6.92 Å². The standard InChI is InChI=1S/C10H13Cl2NO.ClH/c1-2-13-5-6-14-8-3-4-9(11)10(12)7-8;/h3-4,7,13H,2,5-6H2,1H3;1H. The van der Waals surface area contributed by atoms with Crippen LogP contribution in [0.1, 0.15) is 6.92 Å². The van der Waals surface area contributed by atoms with Gasteiger partial charge in [-0.3, -0.25) is 0 Å². The van der Waals surface area contributed by atoms with Gasteiger partial charge in [-0.2, -0.15) is 0 Å². The van der Waals surface area contributed by atoms with Crippen LogP contribution in [0.15, 0.2) is 18.2 Å². The normalized spacial score (nSPS) is 9.53. The first-order valence-electron chi connectivity index (χ1n) is 4.52. The van der Waals surface area contributed by atoms with Crippen LogP contribution in [0.25, 0.3) is 0 Å². The number of benzene rings is 1. The van der Waals surface area contributed by atoms with E-state index in [1.165, 1.54) is 0 Å². The molecule has 0 bridgehead atoms. The van der Waals surface area contributed by atoms with E-state index in [2.05, 4.69) is 12.2 Å². The largest absolute Gasteiger partial charge is 0.492 e. The molecule has 0 amide bonds. The van der Waals surface area contributed by atoms with E-state index in [1.807, 2.05) is 0 Å². The Labute approximate surface area is 106 Å². The van der Waals surface area contributed by atoms with Gasteiger partial charge in [0.05, 0.1) is 10.0 Å². The van der Waals surface area contributed by atoms with Crippen LogP contribution < -0.4 is 10.1 Å². The van der Waals surface area contributed by atoms with E-state index in [4.69, 9.17) is 27.9 Å². The second kappa shape index (κ2) is 8.05. The smallest absolute Gasteiger partial charge is 0.120 e. The number of likely N-dealkylation sites (N-methyl/N-ethyl adjacent to an activating group) is 1. The Balaban J connectivity index is 0.00000196. The van der Waals surface area contributed by atoms with Crippen molar-refractivity contribution in [3.8, 4) is 5.75 Å². The number of ether oxygens (including phenoxy) is 1. The molecule has 5 heteroatoms. The fourth-order valence-corrected chi connectivity index (χ4v) is 1.27. The van der Waals surface area contributed by atoms with E-state index < -0.39 is 0 Å². The molecule has 0 aliphatic carbocycles. The molecule has 0 saturated heterocycles. The maximum atomic E-state index is 5.83. The molecule has 0 radical (unpaired) electrons. The van der Waals surface area contributed by atoms with Gasteiger partial charge in [0.2, 0.25) is 0 Å². The van der Waals surface area contributed by atoms with Gasteiger partial charge >= 0.3 is 0 Å². The zero-order chi connectivity index (χ0) is 10.4. The third-order valence-corrected chi connectivity index (χ3v) is 2.43. The number of nitrogens with one attached hydrogen (secondary N) is 1. The second-order valence-electron chi connectivity index (χ2n) is 2.78. The molecule has 1 rings (SSSR count). The SMILES string of the molecule is CCNCCOc1ccc(Cl)c(Cl)c1.Cl. The summed E-state index contributed by atoms with van der Waals surface area (Å²) in [6, 6.07) is 5.25. The Hall–Kier alpha value is -0.150. The predicted molar refractivity (Wildman–Crippen MR) is 67.7 cm³/mol. The summed E-state index contributed by atoms with van der Waals surface area (Å²) >= 11 is 11.6. The minimum absolute atomic E-state index is 0. The van der Waals surface area contributed by atoms with Crippen LogP contribution >= 0.6 is 35.6 Å². The Bertz CT molecular complexity index is 294. The fraction of sp³-hybridized carbons (Fsp3) is 0.400. The minimum Gasteiger partial charge on any atom is -0.492 e. The molecule has 0 heterocycles. The summed E-state index contributed by atoms with van der Waals surface area (Å²) in [5, 5.41) is 4.23. The van der Waals surface area contributed by atoms with Gasteiger partial charge < -0.3 is 10.1 Å². The average molecular weight is 271 g/mol. The second-order valence-corrected chi connectivity index (χ2v) is 3.59. The summed E-state index contributed by atoms with van der Waals surface area (Å²) in [5.41, 5.74) is 0. The quantitative estimate of drug-likeness (QED) is 0.828. The minimum atomic E-state index is 0. The van der Waals surface area contributed by atoms with Crippen molar-refractivity contribution in [3.05, 3.63) is 28.2 Å². The van der Waals surface area contributed by atoms with Gasteiger partial charge in [0.25, 0.3) is 0 Å². The van der Waals surface area contributed by atoms with E-state index in [0.29, 0.717) is 16.7 Å². The lowest BCUT2D eigenvalue weighted by molar-refractivity contribution is 0.315. The number of halogens is 3. The van der Waals surface area contributed by atoms with Gasteiger partial charge in [0, 0.05) is 12.6 Å². The fourth-order valence-electron chi connectivity index (χ4n) is 0.984. The Morgan fingerprint density at radius 1 is 1.27 bits per heavy atom. The highest BCUT2D eigenvalue weighted by Crippen LogP contribution is 2.26. The molecule has 0 spiro atoms. The topological polar surface area (TPSA) is 21.3 Å². The maximum absolute atomic E-state index is 5.83. The Morgan fingerprint density at radius 3 is 2.60 bits per heavy atom. The predicted octanol–water partition coefficient (Wildman–Crippen LogP) is 3.40. The first kappa shape index (κ1) is 14.8. The molecule has 1 N–H and O–H groups in total. The number of hydrogen-bond acceptors (Lipinski definition) is 2. The monoisotopic (exact) mass is 269 g/mol. The molecule has 1 aromatic carbocycles. The summed E-state index contributed by atoms with van der Waals surface area (Å²) in [7, 11) is 0. The van der Waals surface area contributed by atoms with E-state index in [1.54, 1.807) is 18.2 Å². The zero-order valence-electron chi connectivity index (χ0n) is 8.43. The summed E-state index contributed by atoms with van der Waals surface area (Å²) in [6.45, 7) is 4.46. The molecular formula is C10H14Cl3NO. The molecule has 0 aromatic heterocycles. The van der Waals surface area contributed by atoms with Gasteiger partial charge in [-0.25, -0.2) is 0 Å². The molecule has 0 atom stereocenters. The Kier molecular flexibility index (Phi) is 7.97. The van der Waals surface area contributed by atoms with Gasteiger partial charge in [0.15, 0.2) is 0 Å². The van der Waals surface area contributed by atoms with Crippen molar-refractivity contribution >= 4 is 35.6 Å². The molecule has 0 unspecified atom stereocenters. The first-order chi connectivity index (χ1) is 6.74. The maximum Gasteiger partial charge on any atom is 0.120 e. The van der Waals surface area contributed by atoms with Crippen molar-refractivity contribution in [2.75, 3.05) is 19.7 Å². The van der Waals surface area contributed by atoms with Gasteiger partial charge in [-0.1, -0.05) is 30.1 Å². The van der Waals surface area contributed by atoms with E-state index in [-0.39, 0.29) is 12.4 Å². The highest BCUT2D eigenvalue weighted by Gasteiger charge is 1.99. The van der Waals surface area contributed by atoms with Crippen LogP contribution in [-0.2, 0) is 0 Å². The van der Waals surface area contributed by atoms with Crippen LogP contribution in [0.4, 0.5) is 0 Å². The molecule has 1 aromatic rings. The van der Waals surface area contributed by atoms with Crippen LogP contribution in [0.3, 0.4) is 0 Å². The lowest BCUT2D eigenvalue weighted by Crippen LogP contribution is -2.20. The highest BCUT2D eigenvalue weighted by atomic mass is 35.5. The lowest BCUT2D eigenvalue weighted by Gasteiger charge is -2.06. The van der Waals surface area contributed by atoms with E-state index in [0.717, 1.165) is 18.8 Å². The highest BCUT2D eigenvalue weighted by molar-refractivity contribution is 6.42. The number of hydrogen-bond donors (Lipinski definition) is 1. The third kappa shape index (κ3) is 5.47. The van der Waals surface area contributed by atoms with E-state index in [9.17, 15) is 0 Å². The van der Waals surface area contributed by atoms with Crippen LogP contribution in [0, 0.1) is 0 Å². The average Bonchev–Trinajstić information content (AvgIpc) is 2.18. The summed E-state index contributed by atoms with van der Waals surface area (Å²) < 4.78 is 5.44. The molecule has 86 valence electrons. The Morgan fingerprint density at radius 2 is 2.00 bits per heavy atom. The van der Waals surface area contributed by atoms with Gasteiger partial charge in [-0.05, 0) is 18.7 Å². The molecule has 15 heavy (non-hydrogen) atoms. The van der Waals surface area contributed by atoms with Crippen molar-refractivity contribution in [2.24, 2.45) is 0 Å². The van der Waals surface area contributed by atoms with Crippen LogP contribution in [-0.4, -0.2) is 19.7 Å². The molecule has 0 fully saturated rings. The van der Waals surface area contributed by atoms with E-state index >= 15 is 0 Å². The molecule has 0 aliphatic heterocycles.